The van der Waals surface area contributed by atoms with E-state index in [-0.39, 0.29) is 11.8 Å². The molecule has 0 fully saturated rings. The van der Waals surface area contributed by atoms with Crippen LogP contribution in [0, 0.1) is 13.8 Å². The van der Waals surface area contributed by atoms with Gasteiger partial charge < -0.3 is 10.6 Å². The van der Waals surface area contributed by atoms with Crippen LogP contribution in [-0.4, -0.2) is 11.8 Å². The van der Waals surface area contributed by atoms with Gasteiger partial charge in [0.1, 0.15) is 0 Å². The van der Waals surface area contributed by atoms with Crippen LogP contribution < -0.4 is 10.6 Å². The third kappa shape index (κ3) is 3.45. The summed E-state index contributed by atoms with van der Waals surface area (Å²) in [5.74, 6) is -0.342. The molecule has 1 heterocycles. The monoisotopic (exact) mass is 288 g/mol. The van der Waals surface area contributed by atoms with E-state index in [1.165, 1.54) is 11.8 Å². The smallest absolute Gasteiger partial charge is 0.256 e. The second kappa shape index (κ2) is 5.88. The fourth-order valence-corrected chi connectivity index (χ4v) is 2.69. The fourth-order valence-electron chi connectivity index (χ4n) is 1.76. The maximum absolute atomic E-state index is 12.2. The first kappa shape index (κ1) is 14.3. The molecule has 2 amide bonds. The first-order valence-electron chi connectivity index (χ1n) is 6.22. The van der Waals surface area contributed by atoms with Gasteiger partial charge in [0.05, 0.1) is 5.00 Å². The van der Waals surface area contributed by atoms with Gasteiger partial charge in [-0.2, -0.15) is 0 Å². The Bertz CT molecular complexity index is 642. The second-order valence-corrected chi connectivity index (χ2v) is 5.82. The summed E-state index contributed by atoms with van der Waals surface area (Å²) in [6.07, 6.45) is 0. The highest BCUT2D eigenvalue weighted by atomic mass is 32.1. The zero-order chi connectivity index (χ0) is 14.7. The summed E-state index contributed by atoms with van der Waals surface area (Å²) in [5, 5.41) is 6.36. The van der Waals surface area contributed by atoms with Gasteiger partial charge in [0.2, 0.25) is 5.91 Å². The molecule has 4 nitrogen and oxygen atoms in total. The molecule has 0 aliphatic rings. The second-order valence-electron chi connectivity index (χ2n) is 4.57. The number of carbonyl (C=O) groups is 2. The van der Waals surface area contributed by atoms with Crippen LogP contribution in [0.4, 0.5) is 10.7 Å². The number of aryl methyl sites for hydroxylation is 2. The molecule has 0 saturated heterocycles. The van der Waals surface area contributed by atoms with Crippen molar-refractivity contribution in [3.05, 3.63) is 46.3 Å². The third-order valence-corrected chi connectivity index (χ3v) is 3.92. The van der Waals surface area contributed by atoms with Crippen molar-refractivity contribution in [3.8, 4) is 0 Å². The number of rotatable bonds is 3. The average molecular weight is 288 g/mol. The maximum Gasteiger partial charge on any atom is 0.256 e. The van der Waals surface area contributed by atoms with Crippen LogP contribution >= 0.6 is 11.3 Å². The molecule has 0 aliphatic heterocycles. The van der Waals surface area contributed by atoms with Crippen molar-refractivity contribution < 1.29 is 9.59 Å². The number of amides is 2. The molecular weight excluding hydrogens is 272 g/mol. The van der Waals surface area contributed by atoms with Crippen LogP contribution in [0.25, 0.3) is 0 Å². The fraction of sp³-hybridized carbons (Fsp3) is 0.200. The van der Waals surface area contributed by atoms with Gasteiger partial charge in [-0.25, -0.2) is 0 Å². The van der Waals surface area contributed by atoms with E-state index in [1.807, 2.05) is 19.9 Å². The summed E-state index contributed by atoms with van der Waals surface area (Å²) in [6, 6.07) is 8.82. The van der Waals surface area contributed by atoms with Gasteiger partial charge in [0.15, 0.2) is 0 Å². The molecule has 0 spiro atoms. The molecule has 1 aromatic carbocycles. The molecule has 0 bridgehead atoms. The van der Waals surface area contributed by atoms with Gasteiger partial charge in [-0.05, 0) is 43.7 Å². The quantitative estimate of drug-likeness (QED) is 0.907. The predicted octanol–water partition coefficient (Wildman–Crippen LogP) is 3.58. The molecule has 0 atom stereocenters. The minimum atomic E-state index is -0.182. The number of nitrogens with one attached hydrogen (secondary N) is 2. The van der Waals surface area contributed by atoms with E-state index in [0.717, 1.165) is 10.6 Å². The molecule has 2 N–H and O–H groups in total. The summed E-state index contributed by atoms with van der Waals surface area (Å²) in [4.78, 5) is 24.4. The molecule has 2 aromatic rings. The van der Waals surface area contributed by atoms with Crippen LogP contribution in [0.1, 0.15) is 27.7 Å². The summed E-state index contributed by atoms with van der Waals surface area (Å²) in [6.45, 7) is 5.47. The van der Waals surface area contributed by atoms with Crippen molar-refractivity contribution in [2.75, 3.05) is 10.6 Å². The SMILES string of the molecule is CC(=O)Nc1cccc(C(=O)Nc2cc(C)c(C)s2)c1. The molecule has 0 radical (unpaired) electrons. The molecule has 104 valence electrons. The lowest BCUT2D eigenvalue weighted by Gasteiger charge is -2.06. The zero-order valence-corrected chi connectivity index (χ0v) is 12.4. The van der Waals surface area contributed by atoms with Gasteiger partial charge in [0.25, 0.3) is 5.91 Å². The number of thiophene rings is 1. The minimum absolute atomic E-state index is 0.160. The molecular formula is C15H16N2O2S. The Kier molecular flexibility index (Phi) is 4.20. The normalized spacial score (nSPS) is 10.2. The van der Waals surface area contributed by atoms with Gasteiger partial charge in [-0.15, -0.1) is 11.3 Å². The highest BCUT2D eigenvalue weighted by Gasteiger charge is 2.09. The van der Waals surface area contributed by atoms with Gasteiger partial charge in [-0.1, -0.05) is 6.07 Å². The van der Waals surface area contributed by atoms with Gasteiger partial charge >= 0.3 is 0 Å². The summed E-state index contributed by atoms with van der Waals surface area (Å²) in [5.41, 5.74) is 2.29. The van der Waals surface area contributed by atoms with Crippen molar-refractivity contribution in [1.29, 1.82) is 0 Å². The number of carbonyl (C=O) groups excluding carboxylic acids is 2. The third-order valence-electron chi connectivity index (χ3n) is 2.85. The van der Waals surface area contributed by atoms with Crippen molar-refractivity contribution in [1.82, 2.24) is 0 Å². The Hall–Kier alpha value is -2.14. The van der Waals surface area contributed by atoms with Crippen LogP contribution in [0.2, 0.25) is 0 Å². The maximum atomic E-state index is 12.2. The molecule has 20 heavy (non-hydrogen) atoms. The van der Waals surface area contributed by atoms with Crippen molar-refractivity contribution >= 4 is 33.8 Å². The van der Waals surface area contributed by atoms with Gasteiger partial charge in [0, 0.05) is 23.1 Å². The van der Waals surface area contributed by atoms with Gasteiger partial charge in [-0.3, -0.25) is 9.59 Å². The molecule has 5 heteroatoms. The Balaban J connectivity index is 2.14. The predicted molar refractivity (Wildman–Crippen MR) is 82.5 cm³/mol. The van der Waals surface area contributed by atoms with E-state index < -0.39 is 0 Å². The van der Waals surface area contributed by atoms with Crippen LogP contribution in [0.5, 0.6) is 0 Å². The standard InChI is InChI=1S/C15H16N2O2S/c1-9-7-14(20-10(9)2)17-15(19)12-5-4-6-13(8-12)16-11(3)18/h4-8H,1-3H3,(H,16,18)(H,17,19). The van der Waals surface area contributed by atoms with E-state index in [2.05, 4.69) is 10.6 Å². The van der Waals surface area contributed by atoms with E-state index in [0.29, 0.717) is 11.3 Å². The molecule has 2 rings (SSSR count). The Morgan fingerprint density at radius 1 is 1.10 bits per heavy atom. The van der Waals surface area contributed by atoms with E-state index in [1.54, 1.807) is 35.6 Å². The number of anilines is 2. The van der Waals surface area contributed by atoms with E-state index >= 15 is 0 Å². The lowest BCUT2D eigenvalue weighted by Crippen LogP contribution is -2.12. The summed E-state index contributed by atoms with van der Waals surface area (Å²) in [7, 11) is 0. The Morgan fingerprint density at radius 3 is 2.45 bits per heavy atom. The lowest BCUT2D eigenvalue weighted by atomic mass is 10.2. The number of hydrogen-bond donors (Lipinski definition) is 2. The summed E-state index contributed by atoms with van der Waals surface area (Å²) >= 11 is 1.55. The molecule has 1 aromatic heterocycles. The molecule has 0 unspecified atom stereocenters. The Morgan fingerprint density at radius 2 is 1.85 bits per heavy atom. The Labute approximate surface area is 121 Å². The highest BCUT2D eigenvalue weighted by molar-refractivity contribution is 7.16. The first-order valence-corrected chi connectivity index (χ1v) is 7.03. The topological polar surface area (TPSA) is 58.2 Å². The minimum Gasteiger partial charge on any atom is -0.326 e. The van der Waals surface area contributed by atoms with Crippen molar-refractivity contribution in [2.45, 2.75) is 20.8 Å². The van der Waals surface area contributed by atoms with Crippen LogP contribution in [0.15, 0.2) is 30.3 Å². The zero-order valence-electron chi connectivity index (χ0n) is 11.6. The van der Waals surface area contributed by atoms with E-state index in [9.17, 15) is 9.59 Å². The number of benzene rings is 1. The largest absolute Gasteiger partial charge is 0.326 e. The molecule has 0 saturated carbocycles. The van der Waals surface area contributed by atoms with Crippen molar-refractivity contribution in [2.24, 2.45) is 0 Å². The van der Waals surface area contributed by atoms with E-state index in [4.69, 9.17) is 0 Å². The number of hydrogen-bond acceptors (Lipinski definition) is 3. The lowest BCUT2D eigenvalue weighted by molar-refractivity contribution is -0.114. The first-order chi connectivity index (χ1) is 9.45. The van der Waals surface area contributed by atoms with Crippen LogP contribution in [0.3, 0.4) is 0 Å². The highest BCUT2D eigenvalue weighted by Crippen LogP contribution is 2.26. The average Bonchev–Trinajstić information content (AvgIpc) is 2.67. The van der Waals surface area contributed by atoms with Crippen molar-refractivity contribution in [3.63, 3.8) is 0 Å². The summed E-state index contributed by atoms with van der Waals surface area (Å²) < 4.78 is 0. The molecule has 0 aliphatic carbocycles. The van der Waals surface area contributed by atoms with Crippen LogP contribution in [-0.2, 0) is 4.79 Å².